The number of piperazine rings is 1. The summed E-state index contributed by atoms with van der Waals surface area (Å²) < 4.78 is 0. The maximum Gasteiger partial charge on any atom is 0.213 e. The summed E-state index contributed by atoms with van der Waals surface area (Å²) in [6, 6.07) is 19.9. The second-order valence-electron chi connectivity index (χ2n) is 6.71. The molecule has 2 aromatic heterocycles. The number of anilines is 1. The zero-order valence-corrected chi connectivity index (χ0v) is 15.3. The van der Waals surface area contributed by atoms with Gasteiger partial charge in [0.2, 0.25) is 5.78 Å². The van der Waals surface area contributed by atoms with Gasteiger partial charge in [-0.3, -0.25) is 9.78 Å². The van der Waals surface area contributed by atoms with Crippen molar-refractivity contribution in [3.63, 3.8) is 0 Å². The van der Waals surface area contributed by atoms with E-state index in [1.165, 1.54) is 5.56 Å². The monoisotopic (exact) mass is 358 g/mol. The van der Waals surface area contributed by atoms with E-state index in [-0.39, 0.29) is 11.8 Å². The van der Waals surface area contributed by atoms with Crippen LogP contribution in [0.3, 0.4) is 0 Å². The highest BCUT2D eigenvalue weighted by molar-refractivity contribution is 6.08. The van der Waals surface area contributed by atoms with Crippen molar-refractivity contribution in [2.24, 2.45) is 0 Å². The molecule has 0 aliphatic carbocycles. The largest absolute Gasteiger partial charge is 0.353 e. The Kier molecular flexibility index (Phi) is 4.94. The zero-order chi connectivity index (χ0) is 18.6. The first-order valence-electron chi connectivity index (χ1n) is 9.19. The summed E-state index contributed by atoms with van der Waals surface area (Å²) in [4.78, 5) is 24.0. The van der Waals surface area contributed by atoms with Gasteiger partial charge in [0.05, 0.1) is 0 Å². The summed E-state index contributed by atoms with van der Waals surface area (Å²) in [6.07, 6.45) is 1.69. The van der Waals surface area contributed by atoms with Crippen molar-refractivity contribution in [2.45, 2.75) is 13.0 Å². The van der Waals surface area contributed by atoms with Crippen molar-refractivity contribution in [2.75, 3.05) is 24.5 Å². The number of nitrogens with zero attached hydrogens (tertiary/aromatic N) is 3. The fourth-order valence-electron chi connectivity index (χ4n) is 3.45. The summed E-state index contributed by atoms with van der Waals surface area (Å²) in [7, 11) is 0. The highest BCUT2D eigenvalue weighted by Gasteiger charge is 2.22. The van der Waals surface area contributed by atoms with Crippen molar-refractivity contribution < 1.29 is 4.79 Å². The van der Waals surface area contributed by atoms with Crippen LogP contribution in [0.5, 0.6) is 0 Å². The van der Waals surface area contributed by atoms with Gasteiger partial charge in [-0.2, -0.15) is 0 Å². The number of ketones is 1. The van der Waals surface area contributed by atoms with Crippen molar-refractivity contribution in [1.29, 1.82) is 0 Å². The van der Waals surface area contributed by atoms with Crippen molar-refractivity contribution in [3.8, 4) is 0 Å². The number of aryl methyl sites for hydroxylation is 1. The van der Waals surface area contributed by atoms with Gasteiger partial charge in [-0.25, -0.2) is 4.98 Å². The van der Waals surface area contributed by atoms with Gasteiger partial charge in [-0.05, 0) is 36.8 Å². The van der Waals surface area contributed by atoms with Crippen LogP contribution in [-0.2, 0) is 0 Å². The maximum atomic E-state index is 12.9. The third-order valence-electron chi connectivity index (χ3n) is 4.92. The molecule has 136 valence electrons. The third-order valence-corrected chi connectivity index (χ3v) is 4.92. The molecule has 1 aliphatic rings. The molecule has 1 aliphatic heterocycles. The molecule has 0 unspecified atom stereocenters. The number of nitrogens with one attached hydrogen (secondary N) is 1. The van der Waals surface area contributed by atoms with E-state index < -0.39 is 0 Å². The average Bonchev–Trinajstić information content (AvgIpc) is 2.74. The highest BCUT2D eigenvalue weighted by atomic mass is 16.1. The standard InChI is InChI=1S/C22H22N4O/c1-16-18(9-6-12-23-16)22(27)19-10-5-11-21(25-19)26-14-13-24-20(15-26)17-7-3-2-4-8-17/h2-12,20,24H,13-15H2,1H3/t20-/m0/s1. The van der Waals surface area contributed by atoms with Crippen LogP contribution < -0.4 is 10.2 Å². The Balaban J connectivity index is 1.57. The minimum atomic E-state index is -0.0859. The molecule has 0 spiro atoms. The van der Waals surface area contributed by atoms with E-state index >= 15 is 0 Å². The predicted molar refractivity (Wildman–Crippen MR) is 106 cm³/mol. The molecule has 5 heteroatoms. The topological polar surface area (TPSA) is 58.1 Å². The fourth-order valence-corrected chi connectivity index (χ4v) is 3.45. The van der Waals surface area contributed by atoms with E-state index in [9.17, 15) is 4.79 Å². The lowest BCUT2D eigenvalue weighted by Gasteiger charge is -2.35. The fraction of sp³-hybridized carbons (Fsp3) is 0.227. The van der Waals surface area contributed by atoms with Crippen LogP contribution in [0, 0.1) is 6.92 Å². The van der Waals surface area contributed by atoms with Crippen LogP contribution in [-0.4, -0.2) is 35.4 Å². The summed E-state index contributed by atoms with van der Waals surface area (Å²) in [5.41, 5.74) is 3.05. The smallest absolute Gasteiger partial charge is 0.213 e. The summed E-state index contributed by atoms with van der Waals surface area (Å²) in [5.74, 6) is 0.752. The molecule has 1 atom stereocenters. The van der Waals surface area contributed by atoms with Crippen LogP contribution >= 0.6 is 0 Å². The molecule has 0 radical (unpaired) electrons. The normalized spacial score (nSPS) is 16.9. The summed E-state index contributed by atoms with van der Waals surface area (Å²) in [5, 5.41) is 3.56. The van der Waals surface area contributed by atoms with Gasteiger partial charge in [0, 0.05) is 43.1 Å². The molecular weight excluding hydrogens is 336 g/mol. The Labute approximate surface area is 159 Å². The number of rotatable bonds is 4. The minimum Gasteiger partial charge on any atom is -0.353 e. The number of carbonyl (C=O) groups is 1. The molecule has 0 saturated carbocycles. The molecule has 0 bridgehead atoms. The van der Waals surface area contributed by atoms with E-state index in [0.29, 0.717) is 11.3 Å². The summed E-state index contributed by atoms with van der Waals surface area (Å²) >= 11 is 0. The number of pyridine rings is 2. The predicted octanol–water partition coefficient (Wildman–Crippen LogP) is 3.17. The Bertz CT molecular complexity index is 942. The van der Waals surface area contributed by atoms with E-state index in [4.69, 9.17) is 0 Å². The average molecular weight is 358 g/mol. The zero-order valence-electron chi connectivity index (χ0n) is 15.3. The molecule has 1 saturated heterocycles. The van der Waals surface area contributed by atoms with Crippen molar-refractivity contribution >= 4 is 11.6 Å². The Hall–Kier alpha value is -3.05. The quantitative estimate of drug-likeness (QED) is 0.726. The number of benzene rings is 1. The van der Waals surface area contributed by atoms with E-state index in [0.717, 1.165) is 31.1 Å². The van der Waals surface area contributed by atoms with Gasteiger partial charge in [0.15, 0.2) is 0 Å². The van der Waals surface area contributed by atoms with Gasteiger partial charge in [-0.15, -0.1) is 0 Å². The Morgan fingerprint density at radius 2 is 1.93 bits per heavy atom. The lowest BCUT2D eigenvalue weighted by molar-refractivity contribution is 0.103. The molecule has 27 heavy (non-hydrogen) atoms. The number of aromatic nitrogens is 2. The second kappa shape index (κ2) is 7.68. The van der Waals surface area contributed by atoms with Crippen LogP contribution in [0.2, 0.25) is 0 Å². The molecule has 3 heterocycles. The highest BCUT2D eigenvalue weighted by Crippen LogP contribution is 2.22. The van der Waals surface area contributed by atoms with Gasteiger partial charge < -0.3 is 10.2 Å². The lowest BCUT2D eigenvalue weighted by atomic mass is 10.0. The van der Waals surface area contributed by atoms with Crippen molar-refractivity contribution in [1.82, 2.24) is 15.3 Å². The third kappa shape index (κ3) is 3.73. The van der Waals surface area contributed by atoms with Crippen LogP contribution in [0.4, 0.5) is 5.82 Å². The van der Waals surface area contributed by atoms with Gasteiger partial charge >= 0.3 is 0 Å². The molecule has 1 N–H and O–H groups in total. The number of carbonyl (C=O) groups excluding carboxylic acids is 1. The lowest BCUT2D eigenvalue weighted by Crippen LogP contribution is -2.46. The molecule has 4 rings (SSSR count). The molecule has 3 aromatic rings. The molecule has 5 nitrogen and oxygen atoms in total. The molecule has 0 amide bonds. The Morgan fingerprint density at radius 3 is 2.74 bits per heavy atom. The minimum absolute atomic E-state index is 0.0859. The molecular formula is C22H22N4O. The van der Waals surface area contributed by atoms with Crippen molar-refractivity contribution in [3.05, 3.63) is 89.4 Å². The van der Waals surface area contributed by atoms with Gasteiger partial charge in [0.25, 0.3) is 0 Å². The Morgan fingerprint density at radius 1 is 1.07 bits per heavy atom. The van der Waals surface area contributed by atoms with E-state index in [2.05, 4.69) is 44.5 Å². The summed E-state index contributed by atoms with van der Waals surface area (Å²) in [6.45, 7) is 4.40. The van der Waals surface area contributed by atoms with Gasteiger partial charge in [0.1, 0.15) is 11.5 Å². The SMILES string of the molecule is Cc1ncccc1C(=O)c1cccc(N2CCN[C@H](c3ccccc3)C2)n1. The molecule has 1 fully saturated rings. The first-order chi connectivity index (χ1) is 13.2. The second-order valence-corrected chi connectivity index (χ2v) is 6.71. The van der Waals surface area contributed by atoms with Crippen LogP contribution in [0.1, 0.15) is 33.4 Å². The van der Waals surface area contributed by atoms with E-state index in [1.807, 2.05) is 25.1 Å². The van der Waals surface area contributed by atoms with Crippen LogP contribution in [0.15, 0.2) is 66.9 Å². The molecule has 1 aromatic carbocycles. The number of hydrogen-bond donors (Lipinski definition) is 1. The first kappa shape index (κ1) is 17.4. The first-order valence-corrected chi connectivity index (χ1v) is 9.19. The van der Waals surface area contributed by atoms with Crippen LogP contribution in [0.25, 0.3) is 0 Å². The maximum absolute atomic E-state index is 12.9. The number of hydrogen-bond acceptors (Lipinski definition) is 5. The van der Waals surface area contributed by atoms with E-state index in [1.54, 1.807) is 24.4 Å². The van der Waals surface area contributed by atoms with Gasteiger partial charge in [-0.1, -0.05) is 36.4 Å².